The first-order chi connectivity index (χ1) is 9.71. The van der Waals surface area contributed by atoms with Crippen molar-refractivity contribution in [2.24, 2.45) is 0 Å². The lowest BCUT2D eigenvalue weighted by molar-refractivity contribution is -0.121. The Hall–Kier alpha value is -2.30. The molecule has 1 aromatic carbocycles. The van der Waals surface area contributed by atoms with Gasteiger partial charge in [-0.05, 0) is 17.5 Å². The van der Waals surface area contributed by atoms with Crippen LogP contribution in [-0.4, -0.2) is 22.7 Å². The van der Waals surface area contributed by atoms with Crippen LogP contribution in [0, 0.1) is 0 Å². The van der Waals surface area contributed by atoms with E-state index in [1.54, 1.807) is 17.9 Å². The minimum Gasteiger partial charge on any atom is -0.378 e. The molecule has 0 spiro atoms. The van der Waals surface area contributed by atoms with E-state index >= 15 is 0 Å². The number of carbonyl (C=O) groups excluding carboxylic acids is 1. The van der Waals surface area contributed by atoms with Gasteiger partial charge in [0.1, 0.15) is 6.54 Å². The second-order valence-corrected chi connectivity index (χ2v) is 4.62. The largest absolute Gasteiger partial charge is 0.378 e. The molecule has 0 aliphatic carbocycles. The van der Waals surface area contributed by atoms with Crippen molar-refractivity contribution in [1.82, 2.24) is 15.1 Å². The summed E-state index contributed by atoms with van der Waals surface area (Å²) >= 11 is 0. The monoisotopic (exact) mass is 272 g/mol. The maximum atomic E-state index is 11.2. The molecule has 0 aliphatic rings. The second-order valence-electron chi connectivity index (χ2n) is 4.62. The molecular weight excluding hydrogens is 252 g/mol. The highest BCUT2D eigenvalue weighted by molar-refractivity contribution is 5.75. The Labute approximate surface area is 119 Å². The van der Waals surface area contributed by atoms with Gasteiger partial charge in [0, 0.05) is 19.8 Å². The number of anilines is 1. The van der Waals surface area contributed by atoms with Gasteiger partial charge in [0.15, 0.2) is 0 Å². The van der Waals surface area contributed by atoms with Gasteiger partial charge in [0.25, 0.3) is 0 Å². The number of hydrogen-bond acceptors (Lipinski definition) is 3. The molecule has 20 heavy (non-hydrogen) atoms. The Morgan fingerprint density at radius 2 is 1.95 bits per heavy atom. The Morgan fingerprint density at radius 3 is 2.60 bits per heavy atom. The highest BCUT2D eigenvalue weighted by Gasteiger charge is 2.02. The number of likely N-dealkylation sites (N-methyl/N-ethyl adjacent to an activating group) is 1. The van der Waals surface area contributed by atoms with Crippen molar-refractivity contribution in [1.29, 1.82) is 0 Å². The van der Waals surface area contributed by atoms with Gasteiger partial charge < -0.3 is 10.6 Å². The van der Waals surface area contributed by atoms with Crippen molar-refractivity contribution in [3.8, 4) is 0 Å². The molecule has 0 saturated heterocycles. The van der Waals surface area contributed by atoms with Crippen LogP contribution >= 0.6 is 0 Å². The van der Waals surface area contributed by atoms with E-state index in [1.165, 1.54) is 11.1 Å². The van der Waals surface area contributed by atoms with E-state index in [0.29, 0.717) is 0 Å². The molecule has 0 aliphatic heterocycles. The van der Waals surface area contributed by atoms with Crippen molar-refractivity contribution in [2.75, 3.05) is 12.4 Å². The van der Waals surface area contributed by atoms with Gasteiger partial charge in [-0.25, -0.2) is 0 Å². The third-order valence-electron chi connectivity index (χ3n) is 3.15. The van der Waals surface area contributed by atoms with Crippen molar-refractivity contribution in [3.63, 3.8) is 0 Å². The standard InChI is InChI=1S/C15H20N4O/c1-3-12-4-6-13(7-5-12)8-17-14-9-18-19(10-14)11-15(20)16-2/h4-7,9-10,17H,3,8,11H2,1-2H3,(H,16,20). The average Bonchev–Trinajstić information content (AvgIpc) is 2.93. The summed E-state index contributed by atoms with van der Waals surface area (Å²) in [6.45, 7) is 3.13. The van der Waals surface area contributed by atoms with Gasteiger partial charge in [-0.1, -0.05) is 31.2 Å². The molecule has 0 radical (unpaired) electrons. The minimum atomic E-state index is -0.0604. The minimum absolute atomic E-state index is 0.0604. The Bertz CT molecular complexity index is 560. The van der Waals surface area contributed by atoms with Crippen LogP contribution in [0.1, 0.15) is 18.1 Å². The quantitative estimate of drug-likeness (QED) is 0.843. The number of amides is 1. The summed E-state index contributed by atoms with van der Waals surface area (Å²) in [7, 11) is 1.62. The van der Waals surface area contributed by atoms with Gasteiger partial charge in [0.2, 0.25) is 5.91 Å². The van der Waals surface area contributed by atoms with Gasteiger partial charge in [-0.15, -0.1) is 0 Å². The fourth-order valence-corrected chi connectivity index (χ4v) is 1.86. The summed E-state index contributed by atoms with van der Waals surface area (Å²) in [5.41, 5.74) is 3.47. The summed E-state index contributed by atoms with van der Waals surface area (Å²) < 4.78 is 1.61. The number of rotatable bonds is 6. The van der Waals surface area contributed by atoms with E-state index in [4.69, 9.17) is 0 Å². The number of aryl methyl sites for hydroxylation is 1. The lowest BCUT2D eigenvalue weighted by Crippen LogP contribution is -2.23. The summed E-state index contributed by atoms with van der Waals surface area (Å²) in [5.74, 6) is -0.0604. The maximum Gasteiger partial charge on any atom is 0.241 e. The summed E-state index contributed by atoms with van der Waals surface area (Å²) in [6, 6.07) is 8.54. The third-order valence-corrected chi connectivity index (χ3v) is 3.15. The van der Waals surface area contributed by atoms with Crippen molar-refractivity contribution in [3.05, 3.63) is 47.8 Å². The highest BCUT2D eigenvalue weighted by atomic mass is 16.1. The first-order valence-corrected chi connectivity index (χ1v) is 6.76. The van der Waals surface area contributed by atoms with E-state index in [-0.39, 0.29) is 12.5 Å². The molecule has 2 N–H and O–H groups in total. The van der Waals surface area contributed by atoms with Gasteiger partial charge in [0.05, 0.1) is 11.9 Å². The number of nitrogens with zero attached hydrogens (tertiary/aromatic N) is 2. The van der Waals surface area contributed by atoms with Crippen LogP contribution in [0.25, 0.3) is 0 Å². The predicted molar refractivity (Wildman–Crippen MR) is 79.4 cm³/mol. The fourth-order valence-electron chi connectivity index (χ4n) is 1.86. The first-order valence-electron chi connectivity index (χ1n) is 6.76. The molecule has 0 saturated carbocycles. The highest BCUT2D eigenvalue weighted by Crippen LogP contribution is 2.09. The van der Waals surface area contributed by atoms with E-state index in [2.05, 4.69) is 46.9 Å². The predicted octanol–water partition coefficient (Wildman–Crippen LogP) is 1.80. The normalized spacial score (nSPS) is 10.3. The Balaban J connectivity index is 1.88. The average molecular weight is 272 g/mol. The van der Waals surface area contributed by atoms with Gasteiger partial charge >= 0.3 is 0 Å². The van der Waals surface area contributed by atoms with Crippen LogP contribution < -0.4 is 10.6 Å². The van der Waals surface area contributed by atoms with Crippen LogP contribution in [0.4, 0.5) is 5.69 Å². The second kappa shape index (κ2) is 6.75. The number of benzene rings is 1. The van der Waals surface area contributed by atoms with Crippen LogP contribution in [0.15, 0.2) is 36.7 Å². The molecule has 106 valence electrons. The molecule has 0 bridgehead atoms. The van der Waals surface area contributed by atoms with E-state index in [9.17, 15) is 4.79 Å². The molecule has 1 aromatic heterocycles. The van der Waals surface area contributed by atoms with Crippen molar-refractivity contribution in [2.45, 2.75) is 26.4 Å². The maximum absolute atomic E-state index is 11.2. The van der Waals surface area contributed by atoms with Gasteiger partial charge in [-0.2, -0.15) is 5.10 Å². The number of aromatic nitrogens is 2. The molecule has 0 unspecified atom stereocenters. The third kappa shape index (κ3) is 3.85. The summed E-state index contributed by atoms with van der Waals surface area (Å²) in [4.78, 5) is 11.2. The van der Waals surface area contributed by atoms with E-state index in [0.717, 1.165) is 18.7 Å². The molecular formula is C15H20N4O. The van der Waals surface area contributed by atoms with Crippen LogP contribution in [-0.2, 0) is 24.3 Å². The zero-order chi connectivity index (χ0) is 14.4. The lowest BCUT2D eigenvalue weighted by atomic mass is 10.1. The molecule has 0 atom stereocenters. The molecule has 5 heteroatoms. The fraction of sp³-hybridized carbons (Fsp3) is 0.333. The molecule has 1 heterocycles. The van der Waals surface area contributed by atoms with Gasteiger partial charge in [-0.3, -0.25) is 9.48 Å². The Morgan fingerprint density at radius 1 is 1.25 bits per heavy atom. The number of nitrogens with one attached hydrogen (secondary N) is 2. The molecule has 2 rings (SSSR count). The number of carbonyl (C=O) groups is 1. The summed E-state index contributed by atoms with van der Waals surface area (Å²) in [5, 5.41) is 10.0. The number of hydrogen-bond donors (Lipinski definition) is 2. The molecule has 1 amide bonds. The molecule has 2 aromatic rings. The Kier molecular flexibility index (Phi) is 4.76. The zero-order valence-corrected chi connectivity index (χ0v) is 11.9. The van der Waals surface area contributed by atoms with Crippen LogP contribution in [0.5, 0.6) is 0 Å². The molecule has 5 nitrogen and oxygen atoms in total. The summed E-state index contributed by atoms with van der Waals surface area (Å²) in [6.07, 6.45) is 4.61. The lowest BCUT2D eigenvalue weighted by Gasteiger charge is -2.04. The first kappa shape index (κ1) is 14.1. The van der Waals surface area contributed by atoms with Crippen LogP contribution in [0.3, 0.4) is 0 Å². The van der Waals surface area contributed by atoms with Crippen molar-refractivity contribution >= 4 is 11.6 Å². The smallest absolute Gasteiger partial charge is 0.241 e. The zero-order valence-electron chi connectivity index (χ0n) is 11.9. The SMILES string of the molecule is CCc1ccc(CNc2cnn(CC(=O)NC)c2)cc1. The van der Waals surface area contributed by atoms with E-state index < -0.39 is 0 Å². The van der Waals surface area contributed by atoms with E-state index in [1.807, 2.05) is 6.20 Å². The topological polar surface area (TPSA) is 59.0 Å². The molecule has 0 fully saturated rings. The van der Waals surface area contributed by atoms with Crippen molar-refractivity contribution < 1.29 is 4.79 Å². The van der Waals surface area contributed by atoms with Crippen LogP contribution in [0.2, 0.25) is 0 Å².